The van der Waals surface area contributed by atoms with Gasteiger partial charge in [-0.25, -0.2) is 0 Å². The van der Waals surface area contributed by atoms with E-state index in [2.05, 4.69) is 17.6 Å². The lowest BCUT2D eigenvalue weighted by Crippen LogP contribution is -2.34. The highest BCUT2D eigenvalue weighted by atomic mass is 16.1. The van der Waals surface area contributed by atoms with E-state index in [1.807, 2.05) is 0 Å². The van der Waals surface area contributed by atoms with E-state index in [1.54, 1.807) is 0 Å². The zero-order valence-corrected chi connectivity index (χ0v) is 9.59. The lowest BCUT2D eigenvalue weighted by Gasteiger charge is -2.22. The first kappa shape index (κ1) is 10.9. The Morgan fingerprint density at radius 2 is 2.33 bits per heavy atom. The van der Waals surface area contributed by atoms with Crippen LogP contribution in [0.3, 0.4) is 0 Å². The summed E-state index contributed by atoms with van der Waals surface area (Å²) in [6, 6.07) is 0. The van der Waals surface area contributed by atoms with Gasteiger partial charge in [0.1, 0.15) is 0 Å². The number of amides is 1. The smallest absolute Gasteiger partial charge is 0.220 e. The van der Waals surface area contributed by atoms with Gasteiger partial charge in [-0.2, -0.15) is 0 Å². The van der Waals surface area contributed by atoms with Crippen LogP contribution in [0.5, 0.6) is 0 Å². The summed E-state index contributed by atoms with van der Waals surface area (Å²) in [6.45, 7) is 5.30. The number of rotatable bonds is 4. The van der Waals surface area contributed by atoms with Crippen LogP contribution in [-0.2, 0) is 4.79 Å². The third-order valence-electron chi connectivity index (χ3n) is 3.71. The number of hydrogen-bond acceptors (Lipinski definition) is 2. The van der Waals surface area contributed by atoms with Crippen molar-refractivity contribution in [2.45, 2.75) is 32.6 Å². The highest BCUT2D eigenvalue weighted by Crippen LogP contribution is 2.36. The number of hydrogen-bond donors (Lipinski definition) is 2. The Morgan fingerprint density at radius 1 is 1.53 bits per heavy atom. The lowest BCUT2D eigenvalue weighted by atomic mass is 9.96. The molecule has 2 rings (SSSR count). The highest BCUT2D eigenvalue weighted by molar-refractivity contribution is 5.76. The van der Waals surface area contributed by atoms with E-state index in [9.17, 15) is 4.79 Å². The lowest BCUT2D eigenvalue weighted by molar-refractivity contribution is -0.122. The quantitative estimate of drug-likeness (QED) is 0.731. The molecule has 86 valence electrons. The molecule has 0 spiro atoms. The van der Waals surface area contributed by atoms with Gasteiger partial charge < -0.3 is 10.6 Å². The molecule has 2 aliphatic rings. The molecule has 3 nitrogen and oxygen atoms in total. The molecule has 1 amide bonds. The van der Waals surface area contributed by atoms with Gasteiger partial charge in [0, 0.05) is 13.0 Å². The molecule has 3 unspecified atom stereocenters. The maximum atomic E-state index is 11.6. The monoisotopic (exact) mass is 210 g/mol. The molecule has 3 heteroatoms. The van der Waals surface area contributed by atoms with Crippen LogP contribution in [0.15, 0.2) is 0 Å². The molecule has 1 saturated heterocycles. The SMILES string of the molecule is CC1CC1CNC(=O)CC1CCCNC1. The van der Waals surface area contributed by atoms with Crippen LogP contribution < -0.4 is 10.6 Å². The maximum Gasteiger partial charge on any atom is 0.220 e. The molecular weight excluding hydrogens is 188 g/mol. The number of piperidine rings is 1. The summed E-state index contributed by atoms with van der Waals surface area (Å²) < 4.78 is 0. The molecule has 2 fully saturated rings. The summed E-state index contributed by atoms with van der Waals surface area (Å²) in [4.78, 5) is 11.6. The molecule has 3 atom stereocenters. The molecule has 0 bridgehead atoms. The predicted molar refractivity (Wildman–Crippen MR) is 60.5 cm³/mol. The van der Waals surface area contributed by atoms with E-state index in [4.69, 9.17) is 0 Å². The summed E-state index contributed by atoms with van der Waals surface area (Å²) in [7, 11) is 0. The van der Waals surface area contributed by atoms with Crippen LogP contribution in [0.2, 0.25) is 0 Å². The fourth-order valence-corrected chi connectivity index (χ4v) is 2.36. The van der Waals surface area contributed by atoms with Gasteiger partial charge in [-0.15, -0.1) is 0 Å². The second-order valence-electron chi connectivity index (χ2n) is 5.19. The molecule has 0 aromatic heterocycles. The second-order valence-corrected chi connectivity index (χ2v) is 5.19. The first-order valence-corrected chi connectivity index (χ1v) is 6.23. The van der Waals surface area contributed by atoms with Gasteiger partial charge in [0.25, 0.3) is 0 Å². The third kappa shape index (κ3) is 3.49. The van der Waals surface area contributed by atoms with Crippen molar-refractivity contribution in [2.24, 2.45) is 17.8 Å². The molecule has 0 aromatic carbocycles. The Bertz CT molecular complexity index is 224. The minimum atomic E-state index is 0.253. The van der Waals surface area contributed by atoms with Crippen LogP contribution in [0.25, 0.3) is 0 Å². The molecule has 0 aromatic rings. The summed E-state index contributed by atoms with van der Waals surface area (Å²) >= 11 is 0. The molecule has 0 radical (unpaired) electrons. The Morgan fingerprint density at radius 3 is 2.93 bits per heavy atom. The standard InChI is InChI=1S/C12H22N2O/c1-9-5-11(9)8-14-12(15)6-10-3-2-4-13-7-10/h9-11,13H,2-8H2,1H3,(H,14,15). The Kier molecular flexibility index (Phi) is 3.62. The molecule has 1 aliphatic heterocycles. The number of carbonyl (C=O) groups excluding carboxylic acids is 1. The molecule has 2 N–H and O–H groups in total. The van der Waals surface area contributed by atoms with Gasteiger partial charge in [0.2, 0.25) is 5.91 Å². The fraction of sp³-hybridized carbons (Fsp3) is 0.917. The average Bonchev–Trinajstić information content (AvgIpc) is 2.93. The molecule has 15 heavy (non-hydrogen) atoms. The van der Waals surface area contributed by atoms with E-state index in [1.165, 1.54) is 19.3 Å². The van der Waals surface area contributed by atoms with Gasteiger partial charge >= 0.3 is 0 Å². The van der Waals surface area contributed by atoms with Gasteiger partial charge in [-0.05, 0) is 50.1 Å². The van der Waals surface area contributed by atoms with Gasteiger partial charge in [0.15, 0.2) is 0 Å². The van der Waals surface area contributed by atoms with Gasteiger partial charge in [-0.1, -0.05) is 6.92 Å². The van der Waals surface area contributed by atoms with Crippen LogP contribution in [0.1, 0.15) is 32.6 Å². The molecular formula is C12H22N2O. The highest BCUT2D eigenvalue weighted by Gasteiger charge is 2.32. The van der Waals surface area contributed by atoms with E-state index >= 15 is 0 Å². The first-order valence-electron chi connectivity index (χ1n) is 6.23. The van der Waals surface area contributed by atoms with E-state index < -0.39 is 0 Å². The van der Waals surface area contributed by atoms with Gasteiger partial charge in [-0.3, -0.25) is 4.79 Å². The van der Waals surface area contributed by atoms with Gasteiger partial charge in [0.05, 0.1) is 0 Å². The summed E-state index contributed by atoms with van der Waals surface area (Å²) in [5.74, 6) is 2.42. The molecule has 1 saturated carbocycles. The van der Waals surface area contributed by atoms with Crippen molar-refractivity contribution in [2.75, 3.05) is 19.6 Å². The minimum Gasteiger partial charge on any atom is -0.356 e. The van der Waals surface area contributed by atoms with Crippen LogP contribution >= 0.6 is 0 Å². The Balaban J connectivity index is 1.59. The van der Waals surface area contributed by atoms with Crippen LogP contribution in [-0.4, -0.2) is 25.5 Å². The zero-order chi connectivity index (χ0) is 10.7. The number of carbonyl (C=O) groups is 1. The van der Waals surface area contributed by atoms with Crippen molar-refractivity contribution in [1.29, 1.82) is 0 Å². The second kappa shape index (κ2) is 4.97. The van der Waals surface area contributed by atoms with E-state index in [-0.39, 0.29) is 5.91 Å². The van der Waals surface area contributed by atoms with Crippen molar-refractivity contribution < 1.29 is 4.79 Å². The Hall–Kier alpha value is -0.570. The molecule has 1 aliphatic carbocycles. The summed E-state index contributed by atoms with van der Waals surface area (Å²) in [5.41, 5.74) is 0. The molecule has 1 heterocycles. The first-order chi connectivity index (χ1) is 7.25. The normalized spacial score (nSPS) is 34.9. The van der Waals surface area contributed by atoms with Crippen LogP contribution in [0.4, 0.5) is 0 Å². The number of nitrogens with one attached hydrogen (secondary N) is 2. The summed E-state index contributed by atoms with van der Waals surface area (Å²) in [5, 5.41) is 6.40. The third-order valence-corrected chi connectivity index (χ3v) is 3.71. The van der Waals surface area contributed by atoms with Crippen molar-refractivity contribution in [3.63, 3.8) is 0 Å². The van der Waals surface area contributed by atoms with Crippen molar-refractivity contribution in [3.8, 4) is 0 Å². The van der Waals surface area contributed by atoms with E-state index in [0.29, 0.717) is 12.3 Å². The van der Waals surface area contributed by atoms with Crippen molar-refractivity contribution >= 4 is 5.91 Å². The predicted octanol–water partition coefficient (Wildman–Crippen LogP) is 1.15. The van der Waals surface area contributed by atoms with Crippen molar-refractivity contribution in [1.82, 2.24) is 10.6 Å². The van der Waals surface area contributed by atoms with Crippen molar-refractivity contribution in [3.05, 3.63) is 0 Å². The minimum absolute atomic E-state index is 0.253. The fourth-order valence-electron chi connectivity index (χ4n) is 2.36. The topological polar surface area (TPSA) is 41.1 Å². The van der Waals surface area contributed by atoms with Crippen LogP contribution in [0, 0.1) is 17.8 Å². The largest absolute Gasteiger partial charge is 0.356 e. The maximum absolute atomic E-state index is 11.6. The average molecular weight is 210 g/mol. The zero-order valence-electron chi connectivity index (χ0n) is 9.59. The Labute approximate surface area is 92.0 Å². The van der Waals surface area contributed by atoms with E-state index in [0.717, 1.165) is 31.5 Å². The summed E-state index contributed by atoms with van der Waals surface area (Å²) in [6.07, 6.45) is 4.44.